The van der Waals surface area contributed by atoms with E-state index in [0.29, 0.717) is 12.3 Å². The van der Waals surface area contributed by atoms with Crippen molar-refractivity contribution in [1.29, 1.82) is 0 Å². The maximum atomic E-state index is 12.4. The Balaban J connectivity index is 1.50. The van der Waals surface area contributed by atoms with Crippen LogP contribution in [0.1, 0.15) is 36.6 Å². The fourth-order valence-electron chi connectivity index (χ4n) is 3.21. The minimum Gasteiger partial charge on any atom is -0.496 e. The summed E-state index contributed by atoms with van der Waals surface area (Å²) in [6, 6.07) is 7.89. The fraction of sp³-hybridized carbons (Fsp3) is 0.444. The highest BCUT2D eigenvalue weighted by Crippen LogP contribution is 2.26. The van der Waals surface area contributed by atoms with Crippen molar-refractivity contribution in [1.82, 2.24) is 14.9 Å². The van der Waals surface area contributed by atoms with Crippen LogP contribution in [0.2, 0.25) is 0 Å². The molecule has 2 aromatic rings. The molecular weight excluding hydrogens is 290 g/mol. The minimum absolute atomic E-state index is 0.230. The number of carbonyl (C=O) groups excluding carboxylic acids is 1. The zero-order valence-electron chi connectivity index (χ0n) is 13.5. The van der Waals surface area contributed by atoms with Gasteiger partial charge in [-0.25, -0.2) is 4.98 Å². The largest absolute Gasteiger partial charge is 0.496 e. The van der Waals surface area contributed by atoms with Gasteiger partial charge in [-0.2, -0.15) is 0 Å². The Morgan fingerprint density at radius 3 is 2.83 bits per heavy atom. The molecule has 1 fully saturated rings. The third-order valence-electron chi connectivity index (χ3n) is 4.55. The van der Waals surface area contributed by atoms with Gasteiger partial charge in [0.25, 0.3) is 0 Å². The van der Waals surface area contributed by atoms with E-state index in [1.54, 1.807) is 13.3 Å². The summed E-state index contributed by atoms with van der Waals surface area (Å²) in [4.78, 5) is 21.9. The average molecular weight is 313 g/mol. The molecule has 0 atom stereocenters. The second kappa shape index (κ2) is 7.31. The molecule has 122 valence electrons. The first-order valence-corrected chi connectivity index (χ1v) is 8.17. The second-order valence-electron chi connectivity index (χ2n) is 5.94. The second-order valence-corrected chi connectivity index (χ2v) is 5.94. The van der Waals surface area contributed by atoms with Crippen molar-refractivity contribution in [2.24, 2.45) is 0 Å². The number of aryl methyl sites for hydroxylation is 1. The van der Waals surface area contributed by atoms with Crippen molar-refractivity contribution in [2.75, 3.05) is 20.2 Å². The number of hydrogen-bond donors (Lipinski definition) is 1. The van der Waals surface area contributed by atoms with Gasteiger partial charge in [0.15, 0.2) is 0 Å². The third kappa shape index (κ3) is 3.73. The first-order chi connectivity index (χ1) is 11.3. The lowest BCUT2D eigenvalue weighted by Gasteiger charge is -2.31. The van der Waals surface area contributed by atoms with Gasteiger partial charge in [-0.05, 0) is 30.9 Å². The van der Waals surface area contributed by atoms with Gasteiger partial charge in [0.05, 0.1) is 7.11 Å². The van der Waals surface area contributed by atoms with Crippen molar-refractivity contribution in [2.45, 2.75) is 31.6 Å². The summed E-state index contributed by atoms with van der Waals surface area (Å²) in [6.45, 7) is 1.63. The van der Waals surface area contributed by atoms with Gasteiger partial charge in [-0.1, -0.05) is 18.2 Å². The van der Waals surface area contributed by atoms with Gasteiger partial charge >= 0.3 is 0 Å². The van der Waals surface area contributed by atoms with Crippen LogP contribution in [0.15, 0.2) is 36.7 Å². The summed E-state index contributed by atoms with van der Waals surface area (Å²) >= 11 is 0. The summed E-state index contributed by atoms with van der Waals surface area (Å²) in [5, 5.41) is 0. The van der Waals surface area contributed by atoms with Crippen molar-refractivity contribution < 1.29 is 9.53 Å². The average Bonchev–Trinajstić information content (AvgIpc) is 3.14. The lowest BCUT2D eigenvalue weighted by molar-refractivity contribution is -0.132. The van der Waals surface area contributed by atoms with Crippen LogP contribution < -0.4 is 4.74 Å². The van der Waals surface area contributed by atoms with Crippen LogP contribution in [0.3, 0.4) is 0 Å². The van der Waals surface area contributed by atoms with Crippen LogP contribution in [0.4, 0.5) is 0 Å². The Bertz CT molecular complexity index is 631. The number of aromatic nitrogens is 2. The molecular formula is C18H23N3O2. The summed E-state index contributed by atoms with van der Waals surface area (Å²) in [5.41, 5.74) is 1.09. The quantitative estimate of drug-likeness (QED) is 0.923. The van der Waals surface area contributed by atoms with Crippen LogP contribution in [0.5, 0.6) is 5.75 Å². The van der Waals surface area contributed by atoms with E-state index in [1.165, 1.54) is 0 Å². The number of rotatable bonds is 5. The van der Waals surface area contributed by atoms with Crippen LogP contribution in [0.25, 0.3) is 0 Å². The first-order valence-electron chi connectivity index (χ1n) is 8.17. The van der Waals surface area contributed by atoms with E-state index in [2.05, 4.69) is 9.97 Å². The van der Waals surface area contributed by atoms with E-state index in [-0.39, 0.29) is 5.91 Å². The number of benzene rings is 1. The van der Waals surface area contributed by atoms with E-state index < -0.39 is 0 Å². The predicted molar refractivity (Wildman–Crippen MR) is 88.5 cm³/mol. The number of aromatic amines is 1. The van der Waals surface area contributed by atoms with Gasteiger partial charge in [0, 0.05) is 37.8 Å². The highest BCUT2D eigenvalue weighted by atomic mass is 16.5. The number of ether oxygens (including phenoxy) is 1. The molecule has 1 aromatic carbocycles. The Labute approximate surface area is 136 Å². The molecule has 0 bridgehead atoms. The van der Waals surface area contributed by atoms with E-state index in [9.17, 15) is 4.79 Å². The van der Waals surface area contributed by atoms with E-state index in [4.69, 9.17) is 4.74 Å². The number of imidazole rings is 1. The molecule has 3 rings (SSSR count). The van der Waals surface area contributed by atoms with E-state index in [1.807, 2.05) is 35.4 Å². The van der Waals surface area contributed by atoms with Gasteiger partial charge in [-0.15, -0.1) is 0 Å². The van der Waals surface area contributed by atoms with Crippen LogP contribution in [-0.2, 0) is 11.2 Å². The zero-order chi connectivity index (χ0) is 16.1. The van der Waals surface area contributed by atoms with Gasteiger partial charge in [-0.3, -0.25) is 4.79 Å². The molecule has 0 radical (unpaired) electrons. The molecule has 1 aliphatic rings. The first kappa shape index (κ1) is 15.6. The fourth-order valence-corrected chi connectivity index (χ4v) is 3.21. The number of piperidine rings is 1. The van der Waals surface area contributed by atoms with Crippen LogP contribution in [-0.4, -0.2) is 41.0 Å². The maximum Gasteiger partial charge on any atom is 0.222 e. The molecule has 2 heterocycles. The van der Waals surface area contributed by atoms with E-state index >= 15 is 0 Å². The Morgan fingerprint density at radius 1 is 1.35 bits per heavy atom. The Kier molecular flexibility index (Phi) is 4.95. The molecule has 0 spiro atoms. The monoisotopic (exact) mass is 313 g/mol. The lowest BCUT2D eigenvalue weighted by atomic mass is 9.95. The van der Waals surface area contributed by atoms with Gasteiger partial charge in [0.2, 0.25) is 5.91 Å². The molecule has 0 unspecified atom stereocenters. The predicted octanol–water partition coefficient (Wildman–Crippen LogP) is 2.76. The van der Waals surface area contributed by atoms with Crippen molar-refractivity contribution in [3.8, 4) is 5.75 Å². The molecule has 1 aliphatic heterocycles. The summed E-state index contributed by atoms with van der Waals surface area (Å²) in [7, 11) is 1.67. The maximum absolute atomic E-state index is 12.4. The molecule has 1 saturated heterocycles. The number of nitrogens with zero attached hydrogens (tertiary/aromatic N) is 2. The zero-order valence-corrected chi connectivity index (χ0v) is 13.5. The van der Waals surface area contributed by atoms with E-state index in [0.717, 1.165) is 49.5 Å². The normalized spacial score (nSPS) is 15.6. The molecule has 5 nitrogen and oxygen atoms in total. The summed E-state index contributed by atoms with van der Waals surface area (Å²) in [5.74, 6) is 2.58. The van der Waals surface area contributed by atoms with Crippen molar-refractivity contribution in [3.05, 3.63) is 48.0 Å². The van der Waals surface area contributed by atoms with Crippen LogP contribution in [0, 0.1) is 0 Å². The lowest BCUT2D eigenvalue weighted by Crippen LogP contribution is -2.38. The smallest absolute Gasteiger partial charge is 0.222 e. The summed E-state index contributed by atoms with van der Waals surface area (Å²) in [6.07, 6.45) is 6.87. The molecule has 1 aromatic heterocycles. The Morgan fingerprint density at radius 2 is 2.13 bits per heavy atom. The number of methoxy groups -OCH3 is 1. The third-order valence-corrected chi connectivity index (χ3v) is 4.55. The number of hydrogen-bond acceptors (Lipinski definition) is 3. The molecule has 0 saturated carbocycles. The number of para-hydroxylation sites is 1. The number of likely N-dealkylation sites (tertiary alicyclic amines) is 1. The molecule has 5 heteroatoms. The van der Waals surface area contributed by atoms with Crippen molar-refractivity contribution >= 4 is 5.91 Å². The minimum atomic E-state index is 0.230. The highest BCUT2D eigenvalue weighted by Gasteiger charge is 2.24. The standard InChI is InChI=1S/C18H23N3O2/c1-23-16-5-3-2-4-14(16)6-7-17(22)21-12-8-15(9-13-21)18-19-10-11-20-18/h2-5,10-11,15H,6-9,12-13H2,1H3,(H,19,20). The number of amides is 1. The topological polar surface area (TPSA) is 58.2 Å². The van der Waals surface area contributed by atoms with Crippen molar-refractivity contribution in [3.63, 3.8) is 0 Å². The SMILES string of the molecule is COc1ccccc1CCC(=O)N1CCC(c2ncc[nH]2)CC1. The summed E-state index contributed by atoms with van der Waals surface area (Å²) < 4.78 is 5.34. The van der Waals surface area contributed by atoms with Gasteiger partial charge in [0.1, 0.15) is 11.6 Å². The number of H-pyrrole nitrogens is 1. The number of nitrogens with one attached hydrogen (secondary N) is 1. The van der Waals surface area contributed by atoms with Crippen LogP contribution >= 0.6 is 0 Å². The van der Waals surface area contributed by atoms with Gasteiger partial charge < -0.3 is 14.6 Å². The highest BCUT2D eigenvalue weighted by molar-refractivity contribution is 5.76. The molecule has 0 aliphatic carbocycles. The number of carbonyl (C=O) groups is 1. The molecule has 1 amide bonds. The molecule has 23 heavy (non-hydrogen) atoms. The Hall–Kier alpha value is -2.30. The molecule has 1 N–H and O–H groups in total.